The lowest BCUT2D eigenvalue weighted by atomic mass is 9.97. The summed E-state index contributed by atoms with van der Waals surface area (Å²) in [5.74, 6) is 0.0947. The number of benzene rings is 9. The van der Waals surface area contributed by atoms with Gasteiger partial charge in [-0.25, -0.2) is 4.98 Å². The molecule has 3 N–H and O–H groups in total. The third kappa shape index (κ3) is 8.32. The Hall–Kier alpha value is -8.74. The molecule has 0 spiro atoms. The number of allylic oxidation sites excluding steroid dienone is 1. The van der Waals surface area contributed by atoms with Crippen molar-refractivity contribution in [2.24, 2.45) is 9.98 Å². The highest BCUT2D eigenvalue weighted by molar-refractivity contribution is 6.13. The van der Waals surface area contributed by atoms with E-state index in [1.54, 1.807) is 0 Å². The molecule has 308 valence electrons. The predicted octanol–water partition coefficient (Wildman–Crippen LogP) is 13.4. The maximum absolute atomic E-state index is 9.24. The Labute approximate surface area is 377 Å². The lowest BCUT2D eigenvalue weighted by molar-refractivity contribution is 0.664. The average molecular weight is 835 g/mol. The molecule has 0 radical (unpaired) electrons. The third-order valence-electron chi connectivity index (χ3n) is 12.0. The van der Waals surface area contributed by atoms with E-state index in [1.165, 1.54) is 5.39 Å². The molecule has 9 aromatic carbocycles. The van der Waals surface area contributed by atoms with Gasteiger partial charge in [-0.3, -0.25) is 10.4 Å². The smallest absolute Gasteiger partial charge is 0.229 e. The van der Waals surface area contributed by atoms with Crippen LogP contribution in [0.25, 0.3) is 72.0 Å². The summed E-state index contributed by atoms with van der Waals surface area (Å²) in [5, 5.41) is 17.6. The van der Waals surface area contributed by atoms with Gasteiger partial charge in [-0.15, -0.1) is 0 Å². The first kappa shape index (κ1) is 39.1. The fourth-order valence-corrected chi connectivity index (χ4v) is 8.53. The number of hydrogen-bond donors (Lipinski definition) is 3. The molecule has 1 unspecified atom stereocenters. The van der Waals surface area contributed by atoms with Gasteiger partial charge >= 0.3 is 0 Å². The van der Waals surface area contributed by atoms with Gasteiger partial charge in [0.1, 0.15) is 6.17 Å². The predicted molar refractivity (Wildman–Crippen MR) is 267 cm³/mol. The Morgan fingerprint density at radius 2 is 1.00 bits per heavy atom. The van der Waals surface area contributed by atoms with Gasteiger partial charge in [0.15, 0.2) is 5.84 Å². The van der Waals surface area contributed by atoms with E-state index in [2.05, 4.69) is 192 Å². The summed E-state index contributed by atoms with van der Waals surface area (Å²) in [5.41, 5.74) is 14.1. The Balaban J connectivity index is 0.954. The van der Waals surface area contributed by atoms with Gasteiger partial charge in [0.25, 0.3) is 0 Å². The van der Waals surface area contributed by atoms with E-state index in [0.717, 1.165) is 89.0 Å². The Kier molecular flexibility index (Phi) is 10.4. The first-order valence-corrected chi connectivity index (χ1v) is 21.8. The van der Waals surface area contributed by atoms with E-state index in [1.807, 2.05) is 48.5 Å². The molecule has 1 aromatic heterocycles. The van der Waals surface area contributed by atoms with Crippen molar-refractivity contribution in [1.29, 1.82) is 5.41 Å². The Morgan fingerprint density at radius 3 is 1.69 bits per heavy atom. The summed E-state index contributed by atoms with van der Waals surface area (Å²) in [6.07, 6.45) is 1.79. The van der Waals surface area contributed by atoms with Crippen LogP contribution in [-0.2, 0) is 0 Å². The molecule has 2 heterocycles. The molecule has 1 aliphatic rings. The average Bonchev–Trinajstić information content (AvgIpc) is 3.38. The number of nitrogens with zero attached hydrogens (tertiary/aromatic N) is 3. The number of aromatic amines is 1. The van der Waals surface area contributed by atoms with Crippen LogP contribution < -0.4 is 10.9 Å². The van der Waals surface area contributed by atoms with E-state index < -0.39 is 0 Å². The highest BCUT2D eigenvalue weighted by atomic mass is 15.1. The van der Waals surface area contributed by atoms with Crippen molar-refractivity contribution in [3.05, 3.63) is 258 Å². The van der Waals surface area contributed by atoms with E-state index in [4.69, 9.17) is 15.0 Å². The van der Waals surface area contributed by atoms with Crippen molar-refractivity contribution in [2.75, 3.05) is 0 Å². The van der Waals surface area contributed by atoms with Crippen LogP contribution in [0.2, 0.25) is 0 Å². The van der Waals surface area contributed by atoms with Crippen molar-refractivity contribution >= 4 is 38.8 Å². The van der Waals surface area contributed by atoms with Crippen molar-refractivity contribution in [1.82, 2.24) is 15.3 Å². The summed E-state index contributed by atoms with van der Waals surface area (Å²) < 4.78 is 0. The molecule has 0 saturated carbocycles. The first-order chi connectivity index (χ1) is 32.1. The van der Waals surface area contributed by atoms with Crippen LogP contribution in [0.5, 0.6) is 0 Å². The second-order valence-corrected chi connectivity index (χ2v) is 16.2. The largest absolute Gasteiger partial charge is 0.360 e. The molecule has 1 aliphatic heterocycles. The minimum absolute atomic E-state index is 0.0947. The summed E-state index contributed by atoms with van der Waals surface area (Å²) in [6, 6.07) is 77.5. The zero-order valence-electron chi connectivity index (χ0n) is 35.4. The number of hydrogen-bond acceptors (Lipinski definition) is 4. The Bertz CT molecular complexity index is 3430. The van der Waals surface area contributed by atoms with E-state index in [0.29, 0.717) is 11.2 Å². The van der Waals surface area contributed by atoms with Crippen LogP contribution in [0.4, 0.5) is 0 Å². The number of amidine groups is 1. The zero-order valence-corrected chi connectivity index (χ0v) is 35.4. The first-order valence-electron chi connectivity index (χ1n) is 21.8. The molecule has 0 amide bonds. The Morgan fingerprint density at radius 1 is 0.446 bits per heavy atom. The van der Waals surface area contributed by atoms with Crippen molar-refractivity contribution < 1.29 is 0 Å². The zero-order chi connectivity index (χ0) is 43.5. The summed E-state index contributed by atoms with van der Waals surface area (Å²) in [4.78, 5) is 18.5. The van der Waals surface area contributed by atoms with E-state index in [9.17, 15) is 5.41 Å². The van der Waals surface area contributed by atoms with Gasteiger partial charge in [0, 0.05) is 16.8 Å². The van der Waals surface area contributed by atoms with Crippen LogP contribution in [0.1, 0.15) is 28.4 Å². The van der Waals surface area contributed by atoms with Crippen LogP contribution in [0.3, 0.4) is 0 Å². The van der Waals surface area contributed by atoms with E-state index in [-0.39, 0.29) is 12.0 Å². The molecule has 0 bridgehead atoms. The molecular weight excluding hydrogens is 793 g/mol. The number of rotatable bonds is 8. The second-order valence-electron chi connectivity index (χ2n) is 16.2. The summed E-state index contributed by atoms with van der Waals surface area (Å²) in [7, 11) is 0. The fraction of sp³-hybridized carbons (Fsp3) is 0.0169. The fourth-order valence-electron chi connectivity index (χ4n) is 8.53. The second kappa shape index (κ2) is 17.2. The van der Waals surface area contributed by atoms with Crippen molar-refractivity contribution in [3.63, 3.8) is 0 Å². The number of aromatic nitrogens is 2. The molecule has 65 heavy (non-hydrogen) atoms. The number of nitrogens with one attached hydrogen (secondary N) is 3. The lowest BCUT2D eigenvalue weighted by Gasteiger charge is -2.25. The molecule has 1 atom stereocenters. The molecule has 0 fully saturated rings. The number of aliphatic imine (C=N–C) groups is 1. The lowest BCUT2D eigenvalue weighted by Crippen LogP contribution is -2.25. The summed E-state index contributed by atoms with van der Waals surface area (Å²) in [6.45, 7) is 0. The van der Waals surface area contributed by atoms with Crippen LogP contribution in [0, 0.1) is 5.41 Å². The molecule has 6 nitrogen and oxygen atoms in total. The maximum Gasteiger partial charge on any atom is 0.229 e. The summed E-state index contributed by atoms with van der Waals surface area (Å²) >= 11 is 0. The molecule has 6 heteroatoms. The van der Waals surface area contributed by atoms with Crippen LogP contribution >= 0.6 is 0 Å². The van der Waals surface area contributed by atoms with E-state index >= 15 is 0 Å². The van der Waals surface area contributed by atoms with Gasteiger partial charge in [0.05, 0.1) is 17.1 Å². The van der Waals surface area contributed by atoms with Crippen molar-refractivity contribution in [3.8, 4) is 44.8 Å². The van der Waals surface area contributed by atoms with Gasteiger partial charge in [0.2, 0.25) is 5.62 Å². The normalized spacial score (nSPS) is 13.8. The highest BCUT2D eigenvalue weighted by Crippen LogP contribution is 2.32. The standard InChI is InChI=1S/C59H42N6/c60-57(65-59-63-55(50-31-25-41-17-7-9-19-45(41)34-50)38-56(64-59)51-32-26-42-18-8-10-20-46(42)35-51)44-29-27-43(28-30-44)53-37-54(49-23-11-21-47(33-49)39-13-3-1-4-14-39)62-58(61-53)52-24-12-22-48(36-52)40-15-5-2-6-16-40/h1-38,58,62H,(H2,60,63,64,65). The van der Waals surface area contributed by atoms with Gasteiger partial charge in [-0.1, -0.05) is 194 Å². The molecule has 0 aliphatic carbocycles. The number of fused-ring (bicyclic) bond motifs is 2. The van der Waals surface area contributed by atoms with Gasteiger partial charge in [-0.05, 0) is 102 Å². The van der Waals surface area contributed by atoms with Crippen LogP contribution in [0.15, 0.2) is 241 Å². The molecule has 10 aromatic rings. The highest BCUT2D eigenvalue weighted by Gasteiger charge is 2.21. The van der Waals surface area contributed by atoms with Crippen molar-refractivity contribution in [2.45, 2.75) is 6.17 Å². The maximum atomic E-state index is 9.24. The minimum atomic E-state index is -0.338. The third-order valence-corrected chi connectivity index (χ3v) is 12.0. The number of H-pyrrole nitrogens is 1. The van der Waals surface area contributed by atoms with Crippen LogP contribution in [-0.4, -0.2) is 21.5 Å². The molecule has 11 rings (SSSR count). The van der Waals surface area contributed by atoms with Gasteiger partial charge in [-0.2, -0.15) is 4.99 Å². The minimum Gasteiger partial charge on any atom is -0.360 e. The molecular formula is C59H42N6. The quantitative estimate of drug-likeness (QED) is 0.105. The monoisotopic (exact) mass is 834 g/mol. The molecule has 0 saturated heterocycles. The SMILES string of the molecule is N=C(N=c1nc(-c2ccc3ccccc3c2)cc(-c2ccc3ccccc3c2)[nH]1)c1ccc(C2=NC(c3cccc(-c4ccccc4)c3)NC(c3cccc(-c4ccccc4)c3)=C2)cc1. The topological polar surface area (TPSA) is 89.3 Å². The van der Waals surface area contributed by atoms with Gasteiger partial charge < -0.3 is 10.3 Å².